The molecule has 0 spiro atoms. The predicted molar refractivity (Wildman–Crippen MR) is 78.4 cm³/mol. The first kappa shape index (κ1) is 16.4. The van der Waals surface area contributed by atoms with Gasteiger partial charge in [-0.25, -0.2) is 0 Å². The van der Waals surface area contributed by atoms with Crippen LogP contribution in [-0.4, -0.2) is 30.5 Å². The van der Waals surface area contributed by atoms with Crippen molar-refractivity contribution in [3.8, 4) is 0 Å². The molecule has 0 saturated carbocycles. The first-order valence-corrected chi connectivity index (χ1v) is 6.32. The van der Waals surface area contributed by atoms with Crippen molar-refractivity contribution in [1.29, 1.82) is 0 Å². The fraction of sp³-hybridized carbons (Fsp3) is 0.462. The van der Waals surface area contributed by atoms with Gasteiger partial charge in [0.2, 0.25) is 0 Å². The van der Waals surface area contributed by atoms with Crippen LogP contribution in [0.5, 0.6) is 0 Å². The number of hydrogen-bond donors (Lipinski definition) is 2. The lowest BCUT2D eigenvalue weighted by molar-refractivity contribution is -0.384. The highest BCUT2D eigenvalue weighted by Gasteiger charge is 2.18. The molecule has 1 fully saturated rings. The topological polar surface area (TPSA) is 84.3 Å². The summed E-state index contributed by atoms with van der Waals surface area (Å²) in [6.45, 7) is 4.27. The van der Waals surface area contributed by atoms with Gasteiger partial charge in [-0.15, -0.1) is 12.4 Å². The van der Waals surface area contributed by atoms with Crippen molar-refractivity contribution in [2.24, 2.45) is 5.92 Å². The van der Waals surface area contributed by atoms with Crippen molar-refractivity contribution in [2.75, 3.05) is 19.6 Å². The molecule has 0 aromatic heterocycles. The number of nitro benzene ring substituents is 1. The number of carbonyl (C=O) groups is 1. The van der Waals surface area contributed by atoms with Crippen molar-refractivity contribution >= 4 is 24.0 Å². The number of halogens is 1. The zero-order chi connectivity index (χ0) is 13.8. The van der Waals surface area contributed by atoms with Crippen LogP contribution < -0.4 is 10.6 Å². The Balaban J connectivity index is 0.00000200. The summed E-state index contributed by atoms with van der Waals surface area (Å²) in [4.78, 5) is 22.3. The predicted octanol–water partition coefficient (Wildman–Crippen LogP) is 1.66. The number of nitro groups is 1. The van der Waals surface area contributed by atoms with Crippen LogP contribution in [0.4, 0.5) is 5.69 Å². The number of nitrogens with one attached hydrogen (secondary N) is 2. The van der Waals surface area contributed by atoms with E-state index < -0.39 is 4.92 Å². The molecule has 1 aliphatic heterocycles. The van der Waals surface area contributed by atoms with Gasteiger partial charge in [0.25, 0.3) is 11.6 Å². The fourth-order valence-corrected chi connectivity index (χ4v) is 2.19. The molecule has 7 heteroatoms. The van der Waals surface area contributed by atoms with E-state index >= 15 is 0 Å². The Morgan fingerprint density at radius 3 is 2.90 bits per heavy atom. The first-order valence-electron chi connectivity index (χ1n) is 6.32. The molecule has 1 heterocycles. The molecule has 2 rings (SSSR count). The molecular weight excluding hydrogens is 282 g/mol. The van der Waals surface area contributed by atoms with Gasteiger partial charge in [-0.1, -0.05) is 6.07 Å². The van der Waals surface area contributed by atoms with Crippen LogP contribution in [0.3, 0.4) is 0 Å². The molecule has 1 atom stereocenters. The Morgan fingerprint density at radius 1 is 1.55 bits per heavy atom. The third-order valence-electron chi connectivity index (χ3n) is 3.39. The quantitative estimate of drug-likeness (QED) is 0.654. The first-order chi connectivity index (χ1) is 9.08. The minimum atomic E-state index is -0.489. The normalized spacial score (nSPS) is 17.4. The van der Waals surface area contributed by atoms with Crippen molar-refractivity contribution < 1.29 is 9.72 Å². The minimum Gasteiger partial charge on any atom is -0.352 e. The van der Waals surface area contributed by atoms with Gasteiger partial charge in [0.05, 0.1) is 4.92 Å². The van der Waals surface area contributed by atoms with Crippen LogP contribution in [0, 0.1) is 23.0 Å². The molecular formula is C13H18ClN3O3. The Morgan fingerprint density at radius 2 is 2.30 bits per heavy atom. The highest BCUT2D eigenvalue weighted by atomic mass is 35.5. The molecule has 1 aromatic rings. The van der Waals surface area contributed by atoms with Crippen LogP contribution in [0.1, 0.15) is 22.3 Å². The van der Waals surface area contributed by atoms with Crippen molar-refractivity contribution in [1.82, 2.24) is 10.6 Å². The average Bonchev–Trinajstić information content (AvgIpc) is 2.89. The van der Waals surface area contributed by atoms with Crippen molar-refractivity contribution in [2.45, 2.75) is 13.3 Å². The van der Waals surface area contributed by atoms with E-state index in [1.807, 2.05) is 0 Å². The number of nitrogens with zero attached hydrogens (tertiary/aromatic N) is 1. The molecule has 1 amide bonds. The van der Waals surface area contributed by atoms with E-state index in [2.05, 4.69) is 10.6 Å². The SMILES string of the molecule is Cc1ccc([N+](=O)[O-])cc1C(=O)NCC1CCNC1.Cl. The van der Waals surface area contributed by atoms with E-state index in [4.69, 9.17) is 0 Å². The van der Waals surface area contributed by atoms with Crippen LogP contribution in [-0.2, 0) is 0 Å². The molecule has 20 heavy (non-hydrogen) atoms. The summed E-state index contributed by atoms with van der Waals surface area (Å²) in [6.07, 6.45) is 1.05. The van der Waals surface area contributed by atoms with E-state index in [-0.39, 0.29) is 24.0 Å². The monoisotopic (exact) mass is 299 g/mol. The number of aryl methyl sites for hydroxylation is 1. The molecule has 0 aliphatic carbocycles. The molecule has 1 unspecified atom stereocenters. The second-order valence-corrected chi connectivity index (χ2v) is 4.83. The molecule has 1 saturated heterocycles. The van der Waals surface area contributed by atoms with Crippen molar-refractivity contribution in [3.05, 3.63) is 39.4 Å². The highest BCUT2D eigenvalue weighted by molar-refractivity contribution is 5.96. The Labute approximate surface area is 123 Å². The zero-order valence-electron chi connectivity index (χ0n) is 11.2. The molecule has 6 nitrogen and oxygen atoms in total. The molecule has 1 aliphatic rings. The number of non-ortho nitro benzene ring substituents is 1. The molecule has 0 radical (unpaired) electrons. The van der Waals surface area contributed by atoms with Crippen LogP contribution in [0.2, 0.25) is 0 Å². The van der Waals surface area contributed by atoms with E-state index in [0.717, 1.165) is 25.1 Å². The number of carbonyl (C=O) groups excluding carboxylic acids is 1. The Bertz CT molecular complexity index is 502. The zero-order valence-corrected chi connectivity index (χ0v) is 12.0. The van der Waals surface area contributed by atoms with Gasteiger partial charge in [-0.05, 0) is 37.9 Å². The summed E-state index contributed by atoms with van der Waals surface area (Å²) in [7, 11) is 0. The summed E-state index contributed by atoms with van der Waals surface area (Å²) >= 11 is 0. The molecule has 1 aromatic carbocycles. The van der Waals surface area contributed by atoms with E-state index in [1.165, 1.54) is 12.1 Å². The Kier molecular flexibility index (Phi) is 5.91. The summed E-state index contributed by atoms with van der Waals surface area (Å²) in [5.41, 5.74) is 1.06. The lowest BCUT2D eigenvalue weighted by Gasteiger charge is -2.11. The van der Waals surface area contributed by atoms with E-state index in [1.54, 1.807) is 13.0 Å². The van der Waals surface area contributed by atoms with Gasteiger partial charge in [0.1, 0.15) is 0 Å². The maximum absolute atomic E-state index is 12.0. The fourth-order valence-electron chi connectivity index (χ4n) is 2.19. The maximum Gasteiger partial charge on any atom is 0.270 e. The summed E-state index contributed by atoms with van der Waals surface area (Å²) in [5.74, 6) is 0.205. The largest absolute Gasteiger partial charge is 0.352 e. The standard InChI is InChI=1S/C13H17N3O3.ClH/c1-9-2-3-11(16(18)19)6-12(9)13(17)15-8-10-4-5-14-7-10;/h2-3,6,10,14H,4-5,7-8H2,1H3,(H,15,17);1H. The van der Waals surface area contributed by atoms with Gasteiger partial charge in [-0.3, -0.25) is 14.9 Å². The second-order valence-electron chi connectivity index (χ2n) is 4.83. The summed E-state index contributed by atoms with van der Waals surface area (Å²) in [6, 6.07) is 4.34. The van der Waals surface area contributed by atoms with Crippen LogP contribution in [0.15, 0.2) is 18.2 Å². The van der Waals surface area contributed by atoms with Gasteiger partial charge in [0.15, 0.2) is 0 Å². The second kappa shape index (κ2) is 7.21. The lowest BCUT2D eigenvalue weighted by atomic mass is 10.1. The smallest absolute Gasteiger partial charge is 0.270 e. The van der Waals surface area contributed by atoms with Crippen LogP contribution >= 0.6 is 12.4 Å². The number of benzene rings is 1. The average molecular weight is 300 g/mol. The van der Waals surface area contributed by atoms with E-state index in [0.29, 0.717) is 18.0 Å². The van der Waals surface area contributed by atoms with Crippen molar-refractivity contribution in [3.63, 3.8) is 0 Å². The number of hydrogen-bond acceptors (Lipinski definition) is 4. The molecule has 2 N–H and O–H groups in total. The molecule has 0 bridgehead atoms. The van der Waals surface area contributed by atoms with Gasteiger partial charge >= 0.3 is 0 Å². The Hall–Kier alpha value is -1.66. The van der Waals surface area contributed by atoms with E-state index in [9.17, 15) is 14.9 Å². The minimum absolute atomic E-state index is 0. The summed E-state index contributed by atoms with van der Waals surface area (Å²) < 4.78 is 0. The number of rotatable bonds is 4. The van der Waals surface area contributed by atoms with Crippen LogP contribution in [0.25, 0.3) is 0 Å². The highest BCUT2D eigenvalue weighted by Crippen LogP contribution is 2.17. The maximum atomic E-state index is 12.0. The molecule has 110 valence electrons. The third-order valence-corrected chi connectivity index (χ3v) is 3.39. The number of amides is 1. The van der Waals surface area contributed by atoms with Gasteiger partial charge in [0, 0.05) is 24.2 Å². The van der Waals surface area contributed by atoms with Gasteiger partial charge < -0.3 is 10.6 Å². The lowest BCUT2D eigenvalue weighted by Crippen LogP contribution is -2.30. The third kappa shape index (κ3) is 3.91. The van der Waals surface area contributed by atoms with Gasteiger partial charge in [-0.2, -0.15) is 0 Å². The summed E-state index contributed by atoms with van der Waals surface area (Å²) in [5, 5.41) is 16.8.